The molecule has 304 valence electrons. The van der Waals surface area contributed by atoms with Gasteiger partial charge >= 0.3 is 5.97 Å². The Morgan fingerprint density at radius 2 is 0.618 bits per heavy atom. The van der Waals surface area contributed by atoms with Gasteiger partial charge in [0.2, 0.25) is 0 Å². The standard InChI is InChI=1S/C45H61Cl3O7/c1-6-11-16-21-50-38-26-32-33-27-39(51-22-17-12-7-2)41(53-24-19-14-9-4)29-35(33)37-31-43(55-44(49)45(46,47)48)42(54-25-20-15-10-5)30-36(37)34(32)28-40(38)52-23-18-13-8-3/h26-31H,6-25H2,1-5H3. The fourth-order valence-corrected chi connectivity index (χ4v) is 6.61. The van der Waals surface area contributed by atoms with Gasteiger partial charge in [-0.1, -0.05) is 134 Å². The molecule has 0 heterocycles. The van der Waals surface area contributed by atoms with E-state index >= 15 is 0 Å². The Bertz CT molecular complexity index is 1760. The number of alkyl halides is 3. The normalized spacial score (nSPS) is 11.7. The van der Waals surface area contributed by atoms with Gasteiger partial charge in [0.05, 0.1) is 33.0 Å². The maximum Gasteiger partial charge on any atom is 0.364 e. The predicted octanol–water partition coefficient (Wildman–Crippen LogP) is 14.3. The van der Waals surface area contributed by atoms with Crippen LogP contribution in [0.25, 0.3) is 32.3 Å². The largest absolute Gasteiger partial charge is 0.490 e. The van der Waals surface area contributed by atoms with E-state index in [0.717, 1.165) is 129 Å². The van der Waals surface area contributed by atoms with Gasteiger partial charge in [-0.3, -0.25) is 0 Å². The molecule has 0 bridgehead atoms. The molecule has 0 unspecified atom stereocenters. The van der Waals surface area contributed by atoms with Crippen LogP contribution in [0.2, 0.25) is 0 Å². The molecule has 0 amide bonds. The number of halogens is 3. The average molecular weight is 820 g/mol. The molecule has 0 atom stereocenters. The van der Waals surface area contributed by atoms with Gasteiger partial charge in [0.15, 0.2) is 34.5 Å². The van der Waals surface area contributed by atoms with Crippen LogP contribution in [-0.4, -0.2) is 42.8 Å². The minimum atomic E-state index is -2.28. The third-order valence-corrected chi connectivity index (χ3v) is 10.0. The second kappa shape index (κ2) is 23.3. The lowest BCUT2D eigenvalue weighted by Gasteiger charge is -2.21. The number of ether oxygens (including phenoxy) is 6. The molecular formula is C45H61Cl3O7. The highest BCUT2D eigenvalue weighted by Crippen LogP contribution is 2.47. The molecule has 10 heteroatoms. The fraction of sp³-hybridized carbons (Fsp3) is 0.578. The number of benzene rings is 4. The van der Waals surface area contributed by atoms with Crippen LogP contribution in [-0.2, 0) is 4.79 Å². The lowest BCUT2D eigenvalue weighted by atomic mass is 9.93. The number of unbranched alkanes of at least 4 members (excludes halogenated alkanes) is 10. The zero-order valence-electron chi connectivity index (χ0n) is 33.6. The van der Waals surface area contributed by atoms with Gasteiger partial charge in [-0.2, -0.15) is 0 Å². The van der Waals surface area contributed by atoms with Gasteiger partial charge in [-0.15, -0.1) is 0 Å². The van der Waals surface area contributed by atoms with Crippen molar-refractivity contribution in [3.8, 4) is 34.5 Å². The first-order valence-electron chi connectivity index (χ1n) is 20.6. The molecule has 0 aliphatic carbocycles. The first-order chi connectivity index (χ1) is 26.7. The van der Waals surface area contributed by atoms with Crippen molar-refractivity contribution in [1.29, 1.82) is 0 Å². The van der Waals surface area contributed by atoms with Gasteiger partial charge < -0.3 is 28.4 Å². The first-order valence-corrected chi connectivity index (χ1v) is 21.8. The summed E-state index contributed by atoms with van der Waals surface area (Å²) in [4.78, 5) is 13.0. The van der Waals surface area contributed by atoms with Gasteiger partial charge in [0.1, 0.15) is 0 Å². The van der Waals surface area contributed by atoms with Gasteiger partial charge in [0, 0.05) is 0 Å². The molecule has 0 aliphatic heterocycles. The van der Waals surface area contributed by atoms with Crippen molar-refractivity contribution in [1.82, 2.24) is 0 Å². The Hall–Kier alpha value is -3.00. The van der Waals surface area contributed by atoms with E-state index < -0.39 is 9.76 Å². The molecule has 0 saturated heterocycles. The predicted molar refractivity (Wildman–Crippen MR) is 230 cm³/mol. The number of carbonyl (C=O) groups excluding carboxylic acids is 1. The van der Waals surface area contributed by atoms with E-state index in [2.05, 4.69) is 52.8 Å². The third kappa shape index (κ3) is 13.0. The van der Waals surface area contributed by atoms with Crippen molar-refractivity contribution in [3.05, 3.63) is 36.4 Å². The Balaban J connectivity index is 2.05. The van der Waals surface area contributed by atoms with E-state index in [1.807, 2.05) is 12.1 Å². The van der Waals surface area contributed by atoms with Crippen LogP contribution in [0.15, 0.2) is 36.4 Å². The summed E-state index contributed by atoms with van der Waals surface area (Å²) < 4.78 is 35.7. The minimum absolute atomic E-state index is 0.165. The van der Waals surface area contributed by atoms with E-state index in [4.69, 9.17) is 63.2 Å². The zero-order valence-corrected chi connectivity index (χ0v) is 35.9. The smallest absolute Gasteiger partial charge is 0.364 e. The van der Waals surface area contributed by atoms with Crippen LogP contribution in [0.1, 0.15) is 131 Å². The van der Waals surface area contributed by atoms with Crippen molar-refractivity contribution >= 4 is 73.1 Å². The van der Waals surface area contributed by atoms with E-state index in [1.165, 1.54) is 0 Å². The molecule has 4 aromatic carbocycles. The van der Waals surface area contributed by atoms with Crippen molar-refractivity contribution < 1.29 is 33.2 Å². The second-order valence-electron chi connectivity index (χ2n) is 14.2. The van der Waals surface area contributed by atoms with Crippen LogP contribution in [0, 0.1) is 0 Å². The average Bonchev–Trinajstić information content (AvgIpc) is 3.17. The molecule has 0 aromatic heterocycles. The van der Waals surface area contributed by atoms with Crippen molar-refractivity contribution in [2.24, 2.45) is 0 Å². The molecule has 55 heavy (non-hydrogen) atoms. The number of hydrogen-bond acceptors (Lipinski definition) is 7. The molecule has 4 aromatic rings. The molecule has 0 saturated carbocycles. The van der Waals surface area contributed by atoms with Crippen LogP contribution >= 0.6 is 34.8 Å². The summed E-state index contributed by atoms with van der Waals surface area (Å²) in [6.45, 7) is 13.6. The highest BCUT2D eigenvalue weighted by Gasteiger charge is 2.34. The topological polar surface area (TPSA) is 72.5 Å². The Morgan fingerprint density at radius 3 is 0.836 bits per heavy atom. The van der Waals surface area contributed by atoms with Crippen molar-refractivity contribution in [2.45, 2.75) is 135 Å². The van der Waals surface area contributed by atoms with Crippen LogP contribution < -0.4 is 28.4 Å². The summed E-state index contributed by atoms with van der Waals surface area (Å²) in [5.41, 5.74) is 0. The molecule has 0 N–H and O–H groups in total. The molecule has 0 aliphatic rings. The summed E-state index contributed by atoms with van der Waals surface area (Å²) in [5.74, 6) is 2.26. The molecule has 7 nitrogen and oxygen atoms in total. The number of esters is 1. The number of rotatable bonds is 26. The maximum atomic E-state index is 13.0. The lowest BCUT2D eigenvalue weighted by molar-refractivity contribution is -0.133. The van der Waals surface area contributed by atoms with E-state index in [0.29, 0.717) is 61.8 Å². The van der Waals surface area contributed by atoms with Gasteiger partial charge in [-0.05, 0) is 101 Å². The third-order valence-electron chi connectivity index (χ3n) is 9.58. The summed E-state index contributed by atoms with van der Waals surface area (Å²) >= 11 is 18.0. The number of fused-ring (bicyclic) bond motifs is 6. The second-order valence-corrected chi connectivity index (χ2v) is 16.5. The molecule has 0 fully saturated rings. The number of hydrogen-bond donors (Lipinski definition) is 0. The molecule has 0 spiro atoms. The molecule has 4 rings (SSSR count). The van der Waals surface area contributed by atoms with Crippen LogP contribution in [0.5, 0.6) is 34.5 Å². The van der Waals surface area contributed by atoms with E-state index in [1.54, 1.807) is 6.07 Å². The summed E-state index contributed by atoms with van der Waals surface area (Å²) in [6.07, 6.45) is 15.3. The van der Waals surface area contributed by atoms with Crippen LogP contribution in [0.4, 0.5) is 0 Å². The maximum absolute atomic E-state index is 13.0. The summed E-state index contributed by atoms with van der Waals surface area (Å²) in [7, 11) is 0. The fourth-order valence-electron chi connectivity index (χ4n) is 6.49. The quantitative estimate of drug-likeness (QED) is 0.0205. The highest BCUT2D eigenvalue weighted by molar-refractivity contribution is 6.75. The molecule has 0 radical (unpaired) electrons. The minimum Gasteiger partial charge on any atom is -0.490 e. The number of carbonyl (C=O) groups is 1. The van der Waals surface area contributed by atoms with Crippen molar-refractivity contribution in [3.63, 3.8) is 0 Å². The lowest BCUT2D eigenvalue weighted by Crippen LogP contribution is -2.25. The Kier molecular flexibility index (Phi) is 18.9. The Labute approximate surface area is 343 Å². The van der Waals surface area contributed by atoms with Crippen molar-refractivity contribution in [2.75, 3.05) is 33.0 Å². The Morgan fingerprint density at radius 1 is 0.400 bits per heavy atom. The summed E-state index contributed by atoms with van der Waals surface area (Å²) in [5, 5.41) is 5.39. The van der Waals surface area contributed by atoms with Gasteiger partial charge in [-0.25, -0.2) is 4.79 Å². The first kappa shape index (κ1) is 44.7. The monoisotopic (exact) mass is 818 g/mol. The van der Waals surface area contributed by atoms with E-state index in [9.17, 15) is 4.79 Å². The zero-order chi connectivity index (χ0) is 39.6. The highest BCUT2D eigenvalue weighted by atomic mass is 35.6. The molecular weight excluding hydrogens is 759 g/mol. The van der Waals surface area contributed by atoms with E-state index in [-0.39, 0.29) is 5.75 Å². The summed E-state index contributed by atoms with van der Waals surface area (Å²) in [6, 6.07) is 12.0. The van der Waals surface area contributed by atoms with Gasteiger partial charge in [0.25, 0.3) is 3.79 Å². The SMILES string of the molecule is CCCCCOc1cc2c3cc(OCCCCC)c(OCCCCC)cc3c3cc(OC(=O)C(Cl)(Cl)Cl)c(OCCCCC)cc3c2cc1OCCCCC. The van der Waals surface area contributed by atoms with Crippen LogP contribution in [0.3, 0.4) is 0 Å².